The van der Waals surface area contributed by atoms with Crippen LogP contribution in [0.1, 0.15) is 25.0 Å². The van der Waals surface area contributed by atoms with Crippen LogP contribution in [0.4, 0.5) is 13.2 Å². The maximum atomic E-state index is 13.6. The molecule has 1 atom stereocenters. The highest BCUT2D eigenvalue weighted by Crippen LogP contribution is 2.49. The number of hydrogen-bond acceptors (Lipinski definition) is 6. The van der Waals surface area contributed by atoms with Crippen LogP contribution < -0.4 is 9.47 Å². The number of ether oxygens (including phenoxy) is 2. The maximum absolute atomic E-state index is 13.6. The van der Waals surface area contributed by atoms with E-state index in [4.69, 9.17) is 9.47 Å². The van der Waals surface area contributed by atoms with Crippen LogP contribution in [0.25, 0.3) is 0 Å². The average Bonchev–Trinajstić information content (AvgIpc) is 2.64. The van der Waals surface area contributed by atoms with E-state index < -0.39 is 23.1 Å². The number of methoxy groups -OCH3 is 2. The Morgan fingerprint density at radius 1 is 1.04 bits per heavy atom. The molecule has 1 aromatic carbocycles. The van der Waals surface area contributed by atoms with E-state index in [0.29, 0.717) is 0 Å². The second-order valence-corrected chi connectivity index (χ2v) is 7.38. The molecule has 0 radical (unpaired) electrons. The lowest BCUT2D eigenvalue weighted by atomic mass is 9.85. The van der Waals surface area contributed by atoms with Gasteiger partial charge in [-0.2, -0.15) is 23.1 Å². The van der Waals surface area contributed by atoms with Crippen molar-refractivity contribution in [2.24, 2.45) is 5.92 Å². The van der Waals surface area contributed by atoms with E-state index in [9.17, 15) is 18.3 Å². The first-order valence-corrected chi connectivity index (χ1v) is 8.93. The van der Waals surface area contributed by atoms with E-state index >= 15 is 0 Å². The third-order valence-electron chi connectivity index (χ3n) is 4.21. The molecule has 2 aromatic rings. The van der Waals surface area contributed by atoms with E-state index in [-0.39, 0.29) is 28.4 Å². The van der Waals surface area contributed by atoms with Crippen molar-refractivity contribution < 1.29 is 27.8 Å². The molecule has 0 aliphatic rings. The summed E-state index contributed by atoms with van der Waals surface area (Å²) in [5.74, 6) is 0.0601. The zero-order valence-corrected chi connectivity index (χ0v) is 16.2. The number of aromatic nitrogens is 2. The van der Waals surface area contributed by atoms with Gasteiger partial charge < -0.3 is 14.6 Å². The SMILES string of the molecule is COc1cc(OC)nc(SC(CO)(c2ccccc2C(F)(F)F)C(C)C)n1. The first-order valence-electron chi connectivity index (χ1n) is 8.11. The normalized spacial score (nSPS) is 14.1. The standard InChI is InChI=1S/C18H21F3N2O3S/c1-11(2)17(10-24,12-7-5-6-8-13(12)18(19,20)21)27-16-22-14(25-3)9-15(23-16)26-4/h5-9,11,24H,10H2,1-4H3. The quantitative estimate of drug-likeness (QED) is 0.555. The Morgan fingerprint density at radius 2 is 1.56 bits per heavy atom. The molecule has 1 N–H and O–H groups in total. The monoisotopic (exact) mass is 402 g/mol. The van der Waals surface area contributed by atoms with Crippen LogP contribution in [0.15, 0.2) is 35.5 Å². The maximum Gasteiger partial charge on any atom is 0.416 e. The molecule has 2 rings (SSSR count). The van der Waals surface area contributed by atoms with Crippen molar-refractivity contribution >= 4 is 11.8 Å². The number of thioether (sulfide) groups is 1. The highest BCUT2D eigenvalue weighted by Gasteiger charge is 2.44. The van der Waals surface area contributed by atoms with Gasteiger partial charge in [-0.1, -0.05) is 43.8 Å². The van der Waals surface area contributed by atoms with Crippen LogP contribution in [0.2, 0.25) is 0 Å². The number of nitrogens with zero attached hydrogens (tertiary/aromatic N) is 2. The summed E-state index contributed by atoms with van der Waals surface area (Å²) in [6.07, 6.45) is -4.56. The minimum Gasteiger partial charge on any atom is -0.481 e. The summed E-state index contributed by atoms with van der Waals surface area (Å²) in [7, 11) is 2.83. The van der Waals surface area contributed by atoms with Crippen LogP contribution in [0, 0.1) is 5.92 Å². The molecule has 1 heterocycles. The van der Waals surface area contributed by atoms with E-state index in [0.717, 1.165) is 17.8 Å². The molecular weight excluding hydrogens is 381 g/mol. The highest BCUT2D eigenvalue weighted by atomic mass is 32.2. The Kier molecular flexibility index (Phi) is 6.59. The smallest absolute Gasteiger partial charge is 0.416 e. The fraction of sp³-hybridized carbons (Fsp3) is 0.444. The van der Waals surface area contributed by atoms with Gasteiger partial charge in [-0.05, 0) is 17.5 Å². The van der Waals surface area contributed by atoms with Crippen molar-refractivity contribution in [3.05, 3.63) is 41.5 Å². The van der Waals surface area contributed by atoms with E-state index in [2.05, 4.69) is 9.97 Å². The molecule has 0 spiro atoms. The van der Waals surface area contributed by atoms with E-state index in [1.54, 1.807) is 13.8 Å². The summed E-state index contributed by atoms with van der Waals surface area (Å²) in [4.78, 5) is 8.38. The molecule has 0 saturated heterocycles. The summed E-state index contributed by atoms with van der Waals surface area (Å²) >= 11 is 0.954. The molecule has 0 amide bonds. The lowest BCUT2D eigenvalue weighted by Crippen LogP contribution is -2.35. The van der Waals surface area contributed by atoms with Gasteiger partial charge in [0.2, 0.25) is 11.8 Å². The summed E-state index contributed by atoms with van der Waals surface area (Å²) in [6, 6.07) is 6.69. The van der Waals surface area contributed by atoms with Gasteiger partial charge in [0, 0.05) is 0 Å². The Bertz CT molecular complexity index is 764. The van der Waals surface area contributed by atoms with Crippen LogP contribution in [0.3, 0.4) is 0 Å². The Morgan fingerprint density at radius 3 is 1.96 bits per heavy atom. The van der Waals surface area contributed by atoms with Crippen molar-refractivity contribution in [3.8, 4) is 11.8 Å². The molecule has 0 saturated carbocycles. The average molecular weight is 402 g/mol. The number of benzene rings is 1. The van der Waals surface area contributed by atoms with Crippen LogP contribution >= 0.6 is 11.8 Å². The van der Waals surface area contributed by atoms with Crippen molar-refractivity contribution in [1.29, 1.82) is 0 Å². The van der Waals surface area contributed by atoms with Gasteiger partial charge in [-0.25, -0.2) is 0 Å². The molecule has 0 bridgehead atoms. The molecular formula is C18H21F3N2O3S. The predicted molar refractivity (Wildman–Crippen MR) is 96.0 cm³/mol. The Hall–Kier alpha value is -2.00. The Labute approximate surface area is 159 Å². The van der Waals surface area contributed by atoms with Crippen molar-refractivity contribution in [2.75, 3.05) is 20.8 Å². The van der Waals surface area contributed by atoms with Crippen molar-refractivity contribution in [2.45, 2.75) is 29.9 Å². The lowest BCUT2D eigenvalue weighted by Gasteiger charge is -2.36. The fourth-order valence-electron chi connectivity index (χ4n) is 2.68. The van der Waals surface area contributed by atoms with Gasteiger partial charge in [0.1, 0.15) is 0 Å². The first-order chi connectivity index (χ1) is 12.7. The molecule has 1 unspecified atom stereocenters. The third kappa shape index (κ3) is 4.47. The lowest BCUT2D eigenvalue weighted by molar-refractivity contribution is -0.138. The second-order valence-electron chi connectivity index (χ2n) is 6.08. The number of alkyl halides is 3. The van der Waals surface area contributed by atoms with Crippen LogP contribution in [0.5, 0.6) is 11.8 Å². The zero-order chi connectivity index (χ0) is 20.2. The Balaban J connectivity index is 2.64. The predicted octanol–water partition coefficient (Wildman–Crippen LogP) is 4.15. The van der Waals surface area contributed by atoms with Gasteiger partial charge in [0.15, 0.2) is 5.16 Å². The van der Waals surface area contributed by atoms with Gasteiger partial charge in [0.25, 0.3) is 0 Å². The molecule has 27 heavy (non-hydrogen) atoms. The number of rotatable bonds is 7. The van der Waals surface area contributed by atoms with Crippen LogP contribution in [-0.4, -0.2) is 35.9 Å². The molecule has 148 valence electrons. The molecule has 1 aromatic heterocycles. The third-order valence-corrected chi connectivity index (χ3v) is 5.76. The molecule has 9 heteroatoms. The first kappa shape index (κ1) is 21.3. The van der Waals surface area contributed by atoms with E-state index in [1.807, 2.05) is 0 Å². The van der Waals surface area contributed by atoms with Gasteiger partial charge in [-0.3, -0.25) is 0 Å². The highest BCUT2D eigenvalue weighted by molar-refractivity contribution is 8.00. The zero-order valence-electron chi connectivity index (χ0n) is 15.4. The van der Waals surface area contributed by atoms with E-state index in [1.165, 1.54) is 38.5 Å². The minimum absolute atomic E-state index is 0.0228. The summed E-state index contributed by atoms with van der Waals surface area (Å²) in [5, 5.41) is 10.3. The summed E-state index contributed by atoms with van der Waals surface area (Å²) in [6.45, 7) is 2.95. The van der Waals surface area contributed by atoms with Crippen LogP contribution in [-0.2, 0) is 10.9 Å². The van der Waals surface area contributed by atoms with Gasteiger partial charge >= 0.3 is 6.18 Å². The molecule has 0 aliphatic carbocycles. The molecule has 0 fully saturated rings. The number of aliphatic hydroxyl groups is 1. The number of hydrogen-bond donors (Lipinski definition) is 1. The summed E-state index contributed by atoms with van der Waals surface area (Å²) in [5.41, 5.74) is -0.819. The number of halogens is 3. The van der Waals surface area contributed by atoms with Crippen molar-refractivity contribution in [1.82, 2.24) is 9.97 Å². The summed E-state index contributed by atoms with van der Waals surface area (Å²) < 4.78 is 49.7. The minimum atomic E-state index is -4.56. The second kappa shape index (κ2) is 8.35. The number of aliphatic hydroxyl groups excluding tert-OH is 1. The molecule has 0 aliphatic heterocycles. The largest absolute Gasteiger partial charge is 0.481 e. The fourth-order valence-corrected chi connectivity index (χ4v) is 3.87. The van der Waals surface area contributed by atoms with Crippen molar-refractivity contribution in [3.63, 3.8) is 0 Å². The van der Waals surface area contributed by atoms with Gasteiger partial charge in [-0.15, -0.1) is 0 Å². The molecule has 5 nitrogen and oxygen atoms in total. The topological polar surface area (TPSA) is 64.5 Å². The van der Waals surface area contributed by atoms with Gasteiger partial charge in [0.05, 0.1) is 37.2 Å².